The highest BCUT2D eigenvalue weighted by atomic mass is 79.9. The van der Waals surface area contributed by atoms with Crippen LogP contribution in [0.5, 0.6) is 5.75 Å². The molecule has 0 aliphatic carbocycles. The minimum atomic E-state index is -1.65. The smallest absolute Gasteiger partial charge is 0.355 e. The van der Waals surface area contributed by atoms with Crippen molar-refractivity contribution >= 4 is 27.6 Å². The molecule has 0 saturated heterocycles. The van der Waals surface area contributed by atoms with Crippen molar-refractivity contribution in [2.24, 2.45) is 0 Å². The SMILES string of the molecule is COc1ccc(Nc2nc(=O)n(Cc3cc(Br)c[nH]c3=O)c(=O)n2Cc2cc(F)c(F)c(F)c2)cc1. The van der Waals surface area contributed by atoms with Gasteiger partial charge in [-0.3, -0.25) is 9.36 Å². The number of rotatable bonds is 7. The van der Waals surface area contributed by atoms with Gasteiger partial charge in [0.1, 0.15) is 5.75 Å². The van der Waals surface area contributed by atoms with E-state index in [4.69, 9.17) is 4.74 Å². The molecular weight excluding hydrogens is 547 g/mol. The van der Waals surface area contributed by atoms with Gasteiger partial charge in [-0.25, -0.2) is 27.3 Å². The third-order valence-corrected chi connectivity index (χ3v) is 5.61. The Hall–Kier alpha value is -4.13. The van der Waals surface area contributed by atoms with Crippen molar-refractivity contribution in [3.8, 4) is 5.75 Å². The first-order chi connectivity index (χ1) is 17.2. The molecule has 0 bridgehead atoms. The number of aromatic amines is 1. The van der Waals surface area contributed by atoms with Crippen LogP contribution in [0.25, 0.3) is 0 Å². The van der Waals surface area contributed by atoms with Crippen molar-refractivity contribution in [3.63, 3.8) is 0 Å². The maximum atomic E-state index is 13.8. The number of anilines is 2. The molecule has 2 aromatic carbocycles. The van der Waals surface area contributed by atoms with Crippen molar-refractivity contribution in [3.05, 3.63) is 113 Å². The molecule has 0 unspecified atom stereocenters. The van der Waals surface area contributed by atoms with Gasteiger partial charge in [0.25, 0.3) is 5.56 Å². The van der Waals surface area contributed by atoms with Crippen LogP contribution in [0.3, 0.4) is 0 Å². The Balaban J connectivity index is 1.83. The second-order valence-electron chi connectivity index (χ2n) is 7.57. The number of H-pyrrole nitrogens is 1. The van der Waals surface area contributed by atoms with Gasteiger partial charge in [0, 0.05) is 21.9 Å². The van der Waals surface area contributed by atoms with E-state index in [0.29, 0.717) is 20.5 Å². The third kappa shape index (κ3) is 5.25. The molecule has 2 heterocycles. The maximum absolute atomic E-state index is 13.8. The largest absolute Gasteiger partial charge is 0.497 e. The van der Waals surface area contributed by atoms with Crippen molar-refractivity contribution in [2.75, 3.05) is 12.4 Å². The number of benzene rings is 2. The van der Waals surface area contributed by atoms with Gasteiger partial charge < -0.3 is 15.0 Å². The number of methoxy groups -OCH3 is 1. The van der Waals surface area contributed by atoms with Crippen molar-refractivity contribution in [1.29, 1.82) is 0 Å². The zero-order valence-electron chi connectivity index (χ0n) is 18.5. The molecule has 0 amide bonds. The molecule has 13 heteroatoms. The molecular formula is C23H17BrF3N5O4. The first-order valence-electron chi connectivity index (χ1n) is 10.3. The van der Waals surface area contributed by atoms with Crippen LogP contribution in [-0.2, 0) is 13.1 Å². The van der Waals surface area contributed by atoms with E-state index in [0.717, 1.165) is 16.7 Å². The molecule has 4 aromatic rings. The van der Waals surface area contributed by atoms with Gasteiger partial charge in [-0.2, -0.15) is 4.98 Å². The Labute approximate surface area is 209 Å². The highest BCUT2D eigenvalue weighted by Crippen LogP contribution is 2.19. The summed E-state index contributed by atoms with van der Waals surface area (Å²) in [7, 11) is 1.48. The van der Waals surface area contributed by atoms with Crippen LogP contribution in [0.2, 0.25) is 0 Å². The van der Waals surface area contributed by atoms with Crippen LogP contribution in [0, 0.1) is 17.5 Å². The molecule has 9 nitrogen and oxygen atoms in total. The van der Waals surface area contributed by atoms with Gasteiger partial charge in [-0.05, 0) is 64.0 Å². The topological polar surface area (TPSA) is 111 Å². The molecule has 2 aromatic heterocycles. The number of ether oxygens (including phenoxy) is 1. The van der Waals surface area contributed by atoms with E-state index < -0.39 is 47.5 Å². The minimum Gasteiger partial charge on any atom is -0.497 e. The summed E-state index contributed by atoms with van der Waals surface area (Å²) in [6.45, 7) is -0.887. The van der Waals surface area contributed by atoms with Gasteiger partial charge in [-0.1, -0.05) is 0 Å². The Morgan fingerprint density at radius 3 is 2.31 bits per heavy atom. The lowest BCUT2D eigenvalue weighted by Gasteiger charge is -2.16. The molecule has 0 saturated carbocycles. The maximum Gasteiger partial charge on any atom is 0.355 e. The summed E-state index contributed by atoms with van der Waals surface area (Å²) in [6, 6.07) is 9.33. The van der Waals surface area contributed by atoms with Crippen LogP contribution in [0.15, 0.2) is 67.5 Å². The average Bonchev–Trinajstić information content (AvgIpc) is 2.85. The summed E-state index contributed by atoms with van der Waals surface area (Å²) in [4.78, 5) is 44.7. The van der Waals surface area contributed by atoms with Crippen molar-refractivity contribution < 1.29 is 17.9 Å². The van der Waals surface area contributed by atoms with Crippen LogP contribution >= 0.6 is 15.9 Å². The molecule has 36 heavy (non-hydrogen) atoms. The molecule has 0 radical (unpaired) electrons. The number of aromatic nitrogens is 4. The Kier molecular flexibility index (Phi) is 7.10. The fourth-order valence-electron chi connectivity index (χ4n) is 3.38. The number of hydrogen-bond donors (Lipinski definition) is 2. The number of nitrogens with zero attached hydrogens (tertiary/aromatic N) is 3. The van der Waals surface area contributed by atoms with E-state index in [9.17, 15) is 27.6 Å². The molecule has 0 aliphatic rings. The predicted octanol–water partition coefficient (Wildman–Crippen LogP) is 3.12. The van der Waals surface area contributed by atoms with E-state index in [1.807, 2.05) is 0 Å². The van der Waals surface area contributed by atoms with Crippen LogP contribution in [0.4, 0.5) is 24.8 Å². The lowest BCUT2D eigenvalue weighted by molar-refractivity contribution is 0.415. The molecule has 186 valence electrons. The summed E-state index contributed by atoms with van der Waals surface area (Å²) < 4.78 is 48.4. The standard InChI is InChI=1S/C23H17BrF3N5O4/c1-36-16-4-2-15(3-5-16)29-21-30-22(34)32(11-13-8-14(24)9-28-20(13)33)23(35)31(21)10-12-6-17(25)19(27)18(26)7-12/h2-9H,10-11H2,1H3,(H,28,33)(H,29,30,34). The van der Waals surface area contributed by atoms with Crippen LogP contribution in [0.1, 0.15) is 11.1 Å². The average molecular weight is 564 g/mol. The van der Waals surface area contributed by atoms with E-state index in [1.54, 1.807) is 24.3 Å². The second kappa shape index (κ2) is 10.2. The Morgan fingerprint density at radius 2 is 1.67 bits per heavy atom. The van der Waals surface area contributed by atoms with Crippen LogP contribution in [-0.4, -0.2) is 26.2 Å². The fourth-order valence-corrected chi connectivity index (χ4v) is 3.77. The summed E-state index contributed by atoms with van der Waals surface area (Å²) in [5, 5.41) is 2.82. The molecule has 2 N–H and O–H groups in total. The predicted molar refractivity (Wildman–Crippen MR) is 128 cm³/mol. The van der Waals surface area contributed by atoms with Gasteiger partial charge in [0.15, 0.2) is 17.5 Å². The quantitative estimate of drug-likeness (QED) is 0.334. The van der Waals surface area contributed by atoms with E-state index in [-0.39, 0.29) is 17.1 Å². The number of halogens is 4. The summed E-state index contributed by atoms with van der Waals surface area (Å²) in [5.74, 6) is -4.22. The van der Waals surface area contributed by atoms with Crippen molar-refractivity contribution in [1.82, 2.24) is 19.1 Å². The fraction of sp³-hybridized carbons (Fsp3) is 0.130. The van der Waals surface area contributed by atoms with Gasteiger partial charge >= 0.3 is 11.4 Å². The van der Waals surface area contributed by atoms with E-state index in [1.165, 1.54) is 19.4 Å². The van der Waals surface area contributed by atoms with Gasteiger partial charge in [0.2, 0.25) is 5.95 Å². The molecule has 0 aliphatic heterocycles. The normalized spacial score (nSPS) is 10.9. The molecule has 4 rings (SSSR count). The first-order valence-corrected chi connectivity index (χ1v) is 11.1. The lowest BCUT2D eigenvalue weighted by Crippen LogP contribution is -2.43. The van der Waals surface area contributed by atoms with E-state index >= 15 is 0 Å². The Bertz CT molecular complexity index is 1590. The number of nitrogens with one attached hydrogen (secondary N) is 2. The molecule has 0 atom stereocenters. The molecule has 0 fully saturated rings. The second-order valence-corrected chi connectivity index (χ2v) is 8.49. The highest BCUT2D eigenvalue weighted by molar-refractivity contribution is 9.10. The highest BCUT2D eigenvalue weighted by Gasteiger charge is 2.18. The number of pyridine rings is 1. The Morgan fingerprint density at radius 1 is 1.00 bits per heavy atom. The zero-order valence-corrected chi connectivity index (χ0v) is 20.1. The monoisotopic (exact) mass is 563 g/mol. The van der Waals surface area contributed by atoms with E-state index in [2.05, 4.69) is 31.2 Å². The summed E-state index contributed by atoms with van der Waals surface area (Å²) in [6.07, 6.45) is 1.39. The van der Waals surface area contributed by atoms with Crippen LogP contribution < -0.4 is 27.0 Å². The summed E-state index contributed by atoms with van der Waals surface area (Å²) >= 11 is 3.21. The van der Waals surface area contributed by atoms with Crippen molar-refractivity contribution in [2.45, 2.75) is 13.1 Å². The molecule has 0 spiro atoms. The third-order valence-electron chi connectivity index (χ3n) is 5.15. The van der Waals surface area contributed by atoms with Gasteiger partial charge in [-0.15, -0.1) is 0 Å². The lowest BCUT2D eigenvalue weighted by atomic mass is 10.2. The van der Waals surface area contributed by atoms with Gasteiger partial charge in [0.05, 0.1) is 20.2 Å². The summed E-state index contributed by atoms with van der Waals surface area (Å²) in [5.41, 5.74) is -2.00. The zero-order chi connectivity index (χ0) is 26.0. The minimum absolute atomic E-state index is 0.0895. The number of hydrogen-bond acceptors (Lipinski definition) is 6. The first kappa shape index (κ1) is 25.0.